The Bertz CT molecular complexity index is 386. The first kappa shape index (κ1) is 13.4. The molecule has 1 rings (SSSR count). The Morgan fingerprint density at radius 1 is 1.69 bits per heavy atom. The third-order valence-electron chi connectivity index (χ3n) is 3.10. The van der Waals surface area contributed by atoms with Crippen LogP contribution in [0.25, 0.3) is 0 Å². The van der Waals surface area contributed by atoms with Gasteiger partial charge in [0.05, 0.1) is 4.91 Å². The molecule has 1 aliphatic carbocycles. The van der Waals surface area contributed by atoms with E-state index in [9.17, 15) is 4.79 Å². The lowest BCUT2D eigenvalue weighted by atomic mass is 10.1. The molecule has 5 heteroatoms. The molecular weight excluding hydrogens is 246 g/mol. The van der Waals surface area contributed by atoms with Crippen molar-refractivity contribution in [3.8, 4) is 6.07 Å². The van der Waals surface area contributed by atoms with Crippen molar-refractivity contribution >= 4 is 29.3 Å². The van der Waals surface area contributed by atoms with E-state index >= 15 is 0 Å². The van der Waals surface area contributed by atoms with Crippen LogP contribution >= 0.6 is 23.4 Å². The standard InChI is InChI=1S/C11H14ClNO2S/c1-4-16-7(6-13)5-8-10(2,3)11(8,12)9(14)15/h5,8H,4H2,1-3H3,(H,14,15)/b7-5+. The summed E-state index contributed by atoms with van der Waals surface area (Å²) in [5.41, 5.74) is -0.503. The Morgan fingerprint density at radius 2 is 2.25 bits per heavy atom. The van der Waals surface area contributed by atoms with Crippen LogP contribution in [0.5, 0.6) is 0 Å². The number of allylic oxidation sites excluding steroid dienone is 2. The summed E-state index contributed by atoms with van der Waals surface area (Å²) in [4.78, 5) is 10.4. The minimum absolute atomic E-state index is 0.284. The smallest absolute Gasteiger partial charge is 0.325 e. The number of nitrogens with zero attached hydrogens (tertiary/aromatic N) is 1. The van der Waals surface area contributed by atoms with Crippen LogP contribution in [0.3, 0.4) is 0 Å². The second kappa shape index (κ2) is 4.31. The number of halogens is 1. The van der Waals surface area contributed by atoms with Crippen LogP contribution in [-0.2, 0) is 4.79 Å². The molecule has 0 aromatic carbocycles. The number of thioether (sulfide) groups is 1. The maximum absolute atomic E-state index is 11.1. The zero-order valence-corrected chi connectivity index (χ0v) is 11.0. The average Bonchev–Trinajstić information content (AvgIpc) is 2.63. The van der Waals surface area contributed by atoms with Crippen LogP contribution in [0.2, 0.25) is 0 Å². The molecule has 2 unspecified atom stereocenters. The molecule has 0 amide bonds. The van der Waals surface area contributed by atoms with Crippen LogP contribution in [0.15, 0.2) is 11.0 Å². The van der Waals surface area contributed by atoms with Crippen molar-refractivity contribution in [1.82, 2.24) is 0 Å². The van der Waals surface area contributed by atoms with Gasteiger partial charge in [0, 0.05) is 11.3 Å². The monoisotopic (exact) mass is 259 g/mol. The first-order chi connectivity index (χ1) is 7.32. The molecular formula is C11H14ClNO2S. The first-order valence-electron chi connectivity index (χ1n) is 4.99. The quantitative estimate of drug-likeness (QED) is 0.623. The van der Waals surface area contributed by atoms with Gasteiger partial charge in [-0.25, -0.2) is 0 Å². The largest absolute Gasteiger partial charge is 0.480 e. The van der Waals surface area contributed by atoms with E-state index in [2.05, 4.69) is 6.07 Å². The highest BCUT2D eigenvalue weighted by atomic mass is 35.5. The molecule has 0 heterocycles. The number of nitriles is 1. The first-order valence-corrected chi connectivity index (χ1v) is 6.35. The molecule has 1 saturated carbocycles. The van der Waals surface area contributed by atoms with Crippen LogP contribution in [0, 0.1) is 22.7 Å². The predicted octanol–water partition coefficient (Wildman–Crippen LogP) is 2.87. The van der Waals surface area contributed by atoms with E-state index in [1.807, 2.05) is 6.92 Å². The summed E-state index contributed by atoms with van der Waals surface area (Å²) in [7, 11) is 0. The number of hydrogen-bond acceptors (Lipinski definition) is 3. The highest BCUT2D eigenvalue weighted by molar-refractivity contribution is 8.03. The predicted molar refractivity (Wildman–Crippen MR) is 65.3 cm³/mol. The van der Waals surface area contributed by atoms with Crippen molar-refractivity contribution in [2.75, 3.05) is 5.75 Å². The van der Waals surface area contributed by atoms with Gasteiger partial charge in [0.2, 0.25) is 0 Å². The van der Waals surface area contributed by atoms with E-state index in [-0.39, 0.29) is 5.92 Å². The molecule has 0 aromatic heterocycles. The second-order valence-corrected chi connectivity index (χ2v) is 6.19. The van der Waals surface area contributed by atoms with E-state index < -0.39 is 16.3 Å². The Morgan fingerprint density at radius 3 is 2.56 bits per heavy atom. The fourth-order valence-electron chi connectivity index (χ4n) is 1.91. The molecule has 3 nitrogen and oxygen atoms in total. The van der Waals surface area contributed by atoms with Gasteiger partial charge < -0.3 is 5.11 Å². The third kappa shape index (κ3) is 1.83. The lowest BCUT2D eigenvalue weighted by molar-refractivity contribution is -0.138. The van der Waals surface area contributed by atoms with Crippen molar-refractivity contribution < 1.29 is 9.90 Å². The molecule has 0 saturated heterocycles. The number of aliphatic carboxylic acids is 1. The summed E-state index contributed by atoms with van der Waals surface area (Å²) in [5.74, 6) is -0.512. The van der Waals surface area contributed by atoms with Gasteiger partial charge in [0.15, 0.2) is 4.87 Å². The Labute approximate surface area is 104 Å². The van der Waals surface area contributed by atoms with Gasteiger partial charge in [0.1, 0.15) is 6.07 Å². The summed E-state index contributed by atoms with van der Waals surface area (Å²) in [6.07, 6.45) is 1.69. The fourth-order valence-corrected chi connectivity index (χ4v) is 2.91. The van der Waals surface area contributed by atoms with E-state index in [1.165, 1.54) is 11.8 Å². The van der Waals surface area contributed by atoms with Gasteiger partial charge in [-0.05, 0) is 5.75 Å². The molecule has 0 bridgehead atoms. The minimum atomic E-state index is -1.26. The second-order valence-electron chi connectivity index (χ2n) is 4.29. The molecule has 1 aliphatic rings. The number of alkyl halides is 1. The number of rotatable bonds is 4. The summed E-state index contributed by atoms with van der Waals surface area (Å²) in [6.45, 7) is 5.56. The summed E-state index contributed by atoms with van der Waals surface area (Å²) >= 11 is 7.48. The van der Waals surface area contributed by atoms with E-state index in [0.717, 1.165) is 5.75 Å². The van der Waals surface area contributed by atoms with Crippen molar-refractivity contribution in [3.63, 3.8) is 0 Å². The van der Waals surface area contributed by atoms with Crippen molar-refractivity contribution in [2.24, 2.45) is 11.3 Å². The normalized spacial score (nSPS) is 31.9. The number of carbonyl (C=O) groups is 1. The minimum Gasteiger partial charge on any atom is -0.480 e. The van der Waals surface area contributed by atoms with Gasteiger partial charge in [-0.15, -0.1) is 23.4 Å². The number of carboxylic acids is 1. The van der Waals surface area contributed by atoms with E-state index in [0.29, 0.717) is 4.91 Å². The topological polar surface area (TPSA) is 61.1 Å². The molecule has 16 heavy (non-hydrogen) atoms. The van der Waals surface area contributed by atoms with E-state index in [4.69, 9.17) is 22.0 Å². The van der Waals surface area contributed by atoms with Crippen LogP contribution < -0.4 is 0 Å². The highest BCUT2D eigenvalue weighted by Crippen LogP contribution is 2.67. The van der Waals surface area contributed by atoms with Crippen LogP contribution in [0.4, 0.5) is 0 Å². The van der Waals surface area contributed by atoms with Gasteiger partial charge in [-0.2, -0.15) is 5.26 Å². The van der Waals surface area contributed by atoms with Crippen molar-refractivity contribution in [2.45, 2.75) is 25.6 Å². The van der Waals surface area contributed by atoms with Gasteiger partial charge in [-0.1, -0.05) is 26.8 Å². The third-order valence-corrected chi connectivity index (χ3v) is 4.81. The molecule has 0 aliphatic heterocycles. The zero-order chi connectivity index (χ0) is 12.6. The maximum atomic E-state index is 11.1. The van der Waals surface area contributed by atoms with Gasteiger partial charge >= 0.3 is 5.97 Å². The SMILES string of the molecule is CCS/C(C#N)=C/C1C(C)(C)C1(Cl)C(=O)O. The lowest BCUT2D eigenvalue weighted by Gasteiger charge is -2.03. The number of carboxylic acid groups (broad SMARTS) is 1. The summed E-state index contributed by atoms with van der Waals surface area (Å²) < 4.78 is 0. The summed E-state index contributed by atoms with van der Waals surface area (Å²) in [6, 6.07) is 2.06. The Balaban J connectivity index is 2.94. The highest BCUT2D eigenvalue weighted by Gasteiger charge is 2.74. The van der Waals surface area contributed by atoms with E-state index in [1.54, 1.807) is 19.9 Å². The molecule has 1 fully saturated rings. The molecule has 88 valence electrons. The Hall–Kier alpha value is -0.660. The van der Waals surface area contributed by atoms with Gasteiger partial charge in [0.25, 0.3) is 0 Å². The van der Waals surface area contributed by atoms with Crippen molar-refractivity contribution in [3.05, 3.63) is 11.0 Å². The van der Waals surface area contributed by atoms with Gasteiger partial charge in [-0.3, -0.25) is 4.79 Å². The molecule has 2 atom stereocenters. The lowest BCUT2D eigenvalue weighted by Crippen LogP contribution is -2.21. The fraction of sp³-hybridized carbons (Fsp3) is 0.636. The molecule has 0 spiro atoms. The summed E-state index contributed by atoms with van der Waals surface area (Å²) in [5, 5.41) is 18.0. The van der Waals surface area contributed by atoms with Crippen molar-refractivity contribution in [1.29, 1.82) is 5.26 Å². The maximum Gasteiger partial charge on any atom is 0.325 e. The molecule has 1 N–H and O–H groups in total. The average molecular weight is 260 g/mol. The Kier molecular flexibility index (Phi) is 3.61. The number of hydrogen-bond donors (Lipinski definition) is 1. The molecule has 0 aromatic rings. The zero-order valence-electron chi connectivity index (χ0n) is 9.45. The molecule has 0 radical (unpaired) electrons. The van der Waals surface area contributed by atoms with Crippen LogP contribution in [0.1, 0.15) is 20.8 Å². The van der Waals surface area contributed by atoms with Crippen LogP contribution in [-0.4, -0.2) is 21.7 Å².